The lowest BCUT2D eigenvalue weighted by atomic mass is 9.82. The van der Waals surface area contributed by atoms with Crippen molar-refractivity contribution in [2.45, 2.75) is 39.8 Å². The highest BCUT2D eigenvalue weighted by Gasteiger charge is 2.32. The SMILES string of the molecule is CCOC1CC(C)(C)CC(=O)N1. The van der Waals surface area contributed by atoms with Crippen molar-refractivity contribution in [3.8, 4) is 0 Å². The zero-order chi connectivity index (χ0) is 9.19. The monoisotopic (exact) mass is 171 g/mol. The Labute approximate surface area is 73.5 Å². The van der Waals surface area contributed by atoms with Gasteiger partial charge in [0.05, 0.1) is 0 Å². The van der Waals surface area contributed by atoms with Crippen molar-refractivity contribution in [3.63, 3.8) is 0 Å². The van der Waals surface area contributed by atoms with Gasteiger partial charge in [0.15, 0.2) is 0 Å². The Morgan fingerprint density at radius 2 is 2.33 bits per heavy atom. The molecule has 1 aliphatic heterocycles. The molecule has 3 heteroatoms. The highest BCUT2D eigenvalue weighted by Crippen LogP contribution is 2.30. The number of piperidine rings is 1. The Hall–Kier alpha value is -0.570. The fourth-order valence-corrected chi connectivity index (χ4v) is 1.59. The second-order valence-corrected chi connectivity index (χ2v) is 4.06. The zero-order valence-electron chi connectivity index (χ0n) is 8.02. The fraction of sp³-hybridized carbons (Fsp3) is 0.889. The van der Waals surface area contributed by atoms with E-state index in [1.807, 2.05) is 6.92 Å². The van der Waals surface area contributed by atoms with Crippen LogP contribution in [0, 0.1) is 5.41 Å². The van der Waals surface area contributed by atoms with E-state index >= 15 is 0 Å². The van der Waals surface area contributed by atoms with Crippen molar-refractivity contribution >= 4 is 5.91 Å². The molecule has 1 aliphatic rings. The molecular weight excluding hydrogens is 154 g/mol. The molecular formula is C9H17NO2. The smallest absolute Gasteiger partial charge is 0.222 e. The first kappa shape index (κ1) is 9.52. The van der Waals surface area contributed by atoms with E-state index in [9.17, 15) is 4.79 Å². The highest BCUT2D eigenvalue weighted by molar-refractivity contribution is 5.77. The standard InChI is InChI=1S/C9H17NO2/c1-4-12-8-6-9(2,3)5-7(11)10-8/h8H,4-6H2,1-3H3,(H,10,11). The number of amides is 1. The van der Waals surface area contributed by atoms with Gasteiger partial charge in [0.1, 0.15) is 6.23 Å². The molecule has 70 valence electrons. The van der Waals surface area contributed by atoms with Crippen molar-refractivity contribution in [2.75, 3.05) is 6.61 Å². The van der Waals surface area contributed by atoms with Crippen molar-refractivity contribution in [3.05, 3.63) is 0 Å². The molecule has 0 aromatic rings. The summed E-state index contributed by atoms with van der Waals surface area (Å²) < 4.78 is 5.36. The Morgan fingerprint density at radius 3 is 2.83 bits per heavy atom. The average Bonchev–Trinajstić information content (AvgIpc) is 1.82. The van der Waals surface area contributed by atoms with E-state index in [-0.39, 0.29) is 17.6 Å². The van der Waals surface area contributed by atoms with E-state index in [0.29, 0.717) is 13.0 Å². The van der Waals surface area contributed by atoms with Crippen molar-refractivity contribution in [1.82, 2.24) is 5.32 Å². The molecule has 1 rings (SSSR count). The molecule has 0 aromatic heterocycles. The van der Waals surface area contributed by atoms with Gasteiger partial charge in [-0.2, -0.15) is 0 Å². The summed E-state index contributed by atoms with van der Waals surface area (Å²) in [5, 5.41) is 2.81. The van der Waals surface area contributed by atoms with Crippen LogP contribution in [0.15, 0.2) is 0 Å². The summed E-state index contributed by atoms with van der Waals surface area (Å²) in [6.07, 6.45) is 1.44. The summed E-state index contributed by atoms with van der Waals surface area (Å²) in [5.41, 5.74) is 0.0855. The summed E-state index contributed by atoms with van der Waals surface area (Å²) >= 11 is 0. The molecule has 0 spiro atoms. The number of hydrogen-bond donors (Lipinski definition) is 1. The number of hydrogen-bond acceptors (Lipinski definition) is 2. The molecule has 1 fully saturated rings. The quantitative estimate of drug-likeness (QED) is 0.679. The molecule has 1 unspecified atom stereocenters. The van der Waals surface area contributed by atoms with Crippen LogP contribution in [0.4, 0.5) is 0 Å². The zero-order valence-corrected chi connectivity index (χ0v) is 8.02. The summed E-state index contributed by atoms with van der Waals surface area (Å²) in [5.74, 6) is 0.102. The van der Waals surface area contributed by atoms with Gasteiger partial charge in [-0.05, 0) is 18.8 Å². The largest absolute Gasteiger partial charge is 0.359 e. The van der Waals surface area contributed by atoms with E-state index in [2.05, 4.69) is 19.2 Å². The van der Waals surface area contributed by atoms with Crippen molar-refractivity contribution in [1.29, 1.82) is 0 Å². The molecule has 0 bridgehead atoms. The van der Waals surface area contributed by atoms with Gasteiger partial charge in [0, 0.05) is 13.0 Å². The third kappa shape index (κ3) is 2.48. The molecule has 0 saturated carbocycles. The predicted molar refractivity (Wildman–Crippen MR) is 46.6 cm³/mol. The molecule has 0 aliphatic carbocycles. The highest BCUT2D eigenvalue weighted by atomic mass is 16.5. The van der Waals surface area contributed by atoms with Gasteiger partial charge in [0.2, 0.25) is 5.91 Å². The normalized spacial score (nSPS) is 28.2. The summed E-state index contributed by atoms with van der Waals surface area (Å²) in [6, 6.07) is 0. The number of rotatable bonds is 2. The van der Waals surface area contributed by atoms with E-state index in [1.165, 1.54) is 0 Å². The third-order valence-electron chi connectivity index (χ3n) is 2.07. The average molecular weight is 171 g/mol. The Kier molecular flexibility index (Phi) is 2.73. The Bertz CT molecular complexity index is 177. The topological polar surface area (TPSA) is 38.3 Å². The summed E-state index contributed by atoms with van der Waals surface area (Å²) in [4.78, 5) is 11.2. The second kappa shape index (κ2) is 3.44. The van der Waals surface area contributed by atoms with Gasteiger partial charge in [0.25, 0.3) is 0 Å². The van der Waals surface area contributed by atoms with Gasteiger partial charge in [-0.3, -0.25) is 4.79 Å². The molecule has 1 atom stereocenters. The van der Waals surface area contributed by atoms with Crippen LogP contribution in [0.25, 0.3) is 0 Å². The maximum Gasteiger partial charge on any atom is 0.222 e. The first-order chi connectivity index (χ1) is 5.53. The van der Waals surface area contributed by atoms with E-state index in [4.69, 9.17) is 4.74 Å². The molecule has 0 radical (unpaired) electrons. The van der Waals surface area contributed by atoms with Crippen LogP contribution in [-0.2, 0) is 9.53 Å². The van der Waals surface area contributed by atoms with Crippen LogP contribution >= 0.6 is 0 Å². The number of carbonyl (C=O) groups is 1. The lowest BCUT2D eigenvalue weighted by Gasteiger charge is -2.34. The number of ether oxygens (including phenoxy) is 1. The lowest BCUT2D eigenvalue weighted by molar-refractivity contribution is -0.133. The minimum atomic E-state index is -0.0775. The summed E-state index contributed by atoms with van der Waals surface area (Å²) in [6.45, 7) is 6.78. The first-order valence-electron chi connectivity index (χ1n) is 4.44. The summed E-state index contributed by atoms with van der Waals surface area (Å²) in [7, 11) is 0. The maximum atomic E-state index is 11.2. The molecule has 1 heterocycles. The first-order valence-corrected chi connectivity index (χ1v) is 4.44. The van der Waals surface area contributed by atoms with E-state index < -0.39 is 0 Å². The fourth-order valence-electron chi connectivity index (χ4n) is 1.59. The maximum absolute atomic E-state index is 11.2. The van der Waals surface area contributed by atoms with Crippen LogP contribution in [0.3, 0.4) is 0 Å². The molecule has 1 N–H and O–H groups in total. The molecule has 1 amide bonds. The van der Waals surface area contributed by atoms with E-state index in [1.54, 1.807) is 0 Å². The van der Waals surface area contributed by atoms with Crippen molar-refractivity contribution < 1.29 is 9.53 Å². The number of nitrogens with one attached hydrogen (secondary N) is 1. The van der Waals surface area contributed by atoms with Crippen LogP contribution in [-0.4, -0.2) is 18.7 Å². The number of carbonyl (C=O) groups excluding carboxylic acids is 1. The molecule has 1 saturated heterocycles. The van der Waals surface area contributed by atoms with Gasteiger partial charge in [-0.25, -0.2) is 0 Å². The van der Waals surface area contributed by atoms with Gasteiger partial charge in [-0.15, -0.1) is 0 Å². The van der Waals surface area contributed by atoms with Gasteiger partial charge >= 0.3 is 0 Å². The lowest BCUT2D eigenvalue weighted by Crippen LogP contribution is -2.46. The molecule has 12 heavy (non-hydrogen) atoms. The van der Waals surface area contributed by atoms with Crippen LogP contribution in [0.2, 0.25) is 0 Å². The van der Waals surface area contributed by atoms with Gasteiger partial charge < -0.3 is 10.1 Å². The van der Waals surface area contributed by atoms with Crippen LogP contribution < -0.4 is 5.32 Å². The van der Waals surface area contributed by atoms with Gasteiger partial charge in [-0.1, -0.05) is 13.8 Å². The molecule has 0 aromatic carbocycles. The van der Waals surface area contributed by atoms with E-state index in [0.717, 1.165) is 6.42 Å². The minimum absolute atomic E-state index is 0.0775. The second-order valence-electron chi connectivity index (χ2n) is 4.06. The Morgan fingerprint density at radius 1 is 1.67 bits per heavy atom. The minimum Gasteiger partial charge on any atom is -0.359 e. The van der Waals surface area contributed by atoms with Crippen LogP contribution in [0.1, 0.15) is 33.6 Å². The Balaban J connectivity index is 2.51. The van der Waals surface area contributed by atoms with Crippen molar-refractivity contribution in [2.24, 2.45) is 5.41 Å². The predicted octanol–water partition coefficient (Wildman–Crippen LogP) is 1.29. The van der Waals surface area contributed by atoms with Crippen LogP contribution in [0.5, 0.6) is 0 Å². The third-order valence-corrected chi connectivity index (χ3v) is 2.07. The molecule has 3 nitrogen and oxygen atoms in total.